The highest BCUT2D eigenvalue weighted by atomic mass is 16.7. The molecule has 98 valence electrons. The Kier molecular flexibility index (Phi) is 3.68. The average molecular weight is 249 g/mol. The van der Waals surface area contributed by atoms with Gasteiger partial charge in [-0.3, -0.25) is 4.79 Å². The Labute approximate surface area is 107 Å². The Morgan fingerprint density at radius 3 is 2.67 bits per heavy atom. The first-order chi connectivity index (χ1) is 8.53. The zero-order valence-corrected chi connectivity index (χ0v) is 11.1. The maximum Gasteiger partial charge on any atom is 0.326 e. The van der Waals surface area contributed by atoms with E-state index in [1.165, 1.54) is 0 Å². The molecular weight excluding hydrogens is 230 g/mol. The highest BCUT2D eigenvalue weighted by Gasteiger charge is 2.43. The number of methoxy groups -OCH3 is 1. The van der Waals surface area contributed by atoms with Crippen LogP contribution in [0.5, 0.6) is 0 Å². The molecule has 1 aliphatic heterocycles. The Hall–Kier alpha value is -1.39. The van der Waals surface area contributed by atoms with Crippen LogP contribution in [0.25, 0.3) is 0 Å². The van der Waals surface area contributed by atoms with Gasteiger partial charge in [0, 0.05) is 7.11 Å². The van der Waals surface area contributed by atoms with Crippen LogP contribution in [0.2, 0.25) is 0 Å². The number of ether oxygens (including phenoxy) is 1. The van der Waals surface area contributed by atoms with Crippen molar-refractivity contribution in [1.82, 2.24) is 5.06 Å². The number of hydrogen-bond donors (Lipinski definition) is 0. The smallest absolute Gasteiger partial charge is 0.326 e. The van der Waals surface area contributed by atoms with Crippen molar-refractivity contribution in [3.05, 3.63) is 35.9 Å². The van der Waals surface area contributed by atoms with E-state index in [2.05, 4.69) is 0 Å². The first kappa shape index (κ1) is 13.1. The lowest BCUT2D eigenvalue weighted by atomic mass is 9.95. The lowest BCUT2D eigenvalue weighted by Gasteiger charge is -2.33. The highest BCUT2D eigenvalue weighted by molar-refractivity contribution is 5.71. The van der Waals surface area contributed by atoms with Crippen LogP contribution >= 0.6 is 0 Å². The molecule has 4 nitrogen and oxygen atoms in total. The molecule has 1 atom stereocenters. The summed E-state index contributed by atoms with van der Waals surface area (Å²) < 4.78 is 5.46. The maximum absolute atomic E-state index is 11.5. The molecule has 0 N–H and O–H groups in total. The summed E-state index contributed by atoms with van der Waals surface area (Å²) in [5, 5.41) is 1.72. The van der Waals surface area contributed by atoms with Gasteiger partial charge in [0.15, 0.2) is 0 Å². The Morgan fingerprint density at radius 2 is 2.06 bits per heavy atom. The fraction of sp³-hybridized carbons (Fsp3) is 0.500. The molecule has 1 aromatic rings. The SMILES string of the molecule is COC(C)(C)C1CC(=O)ON1Cc1ccccc1. The predicted molar refractivity (Wildman–Crippen MR) is 67.6 cm³/mol. The fourth-order valence-electron chi connectivity index (χ4n) is 2.13. The molecule has 0 aliphatic carbocycles. The minimum Gasteiger partial charge on any atom is -0.377 e. The highest BCUT2D eigenvalue weighted by Crippen LogP contribution is 2.29. The van der Waals surface area contributed by atoms with Crippen molar-refractivity contribution >= 4 is 5.97 Å². The van der Waals surface area contributed by atoms with Crippen LogP contribution in [0.4, 0.5) is 0 Å². The molecule has 1 unspecified atom stereocenters. The second-order valence-corrected chi connectivity index (χ2v) is 5.05. The van der Waals surface area contributed by atoms with Gasteiger partial charge in [0.2, 0.25) is 0 Å². The number of hydrogen-bond acceptors (Lipinski definition) is 4. The molecule has 0 amide bonds. The Bertz CT molecular complexity index is 416. The van der Waals surface area contributed by atoms with E-state index in [0.29, 0.717) is 13.0 Å². The van der Waals surface area contributed by atoms with E-state index in [1.54, 1.807) is 12.2 Å². The van der Waals surface area contributed by atoms with Crippen molar-refractivity contribution in [2.75, 3.05) is 7.11 Å². The summed E-state index contributed by atoms with van der Waals surface area (Å²) in [6, 6.07) is 9.89. The summed E-state index contributed by atoms with van der Waals surface area (Å²) in [4.78, 5) is 16.8. The van der Waals surface area contributed by atoms with Gasteiger partial charge < -0.3 is 9.57 Å². The summed E-state index contributed by atoms with van der Waals surface area (Å²) in [5.74, 6) is -0.193. The van der Waals surface area contributed by atoms with E-state index in [1.807, 2.05) is 44.2 Å². The van der Waals surface area contributed by atoms with E-state index < -0.39 is 5.60 Å². The minimum atomic E-state index is -0.416. The van der Waals surface area contributed by atoms with E-state index >= 15 is 0 Å². The molecule has 1 aliphatic rings. The van der Waals surface area contributed by atoms with Gasteiger partial charge in [-0.25, -0.2) is 0 Å². The van der Waals surface area contributed by atoms with Gasteiger partial charge in [-0.1, -0.05) is 30.3 Å². The number of nitrogens with zero attached hydrogens (tertiary/aromatic N) is 1. The van der Waals surface area contributed by atoms with E-state index in [4.69, 9.17) is 9.57 Å². The third kappa shape index (κ3) is 2.71. The van der Waals surface area contributed by atoms with Gasteiger partial charge in [0.25, 0.3) is 0 Å². The van der Waals surface area contributed by atoms with Crippen molar-refractivity contribution in [3.8, 4) is 0 Å². The molecule has 0 spiro atoms. The van der Waals surface area contributed by atoms with E-state index in [9.17, 15) is 4.79 Å². The Morgan fingerprint density at radius 1 is 1.39 bits per heavy atom. The van der Waals surface area contributed by atoms with Crippen LogP contribution in [-0.2, 0) is 20.9 Å². The molecule has 2 rings (SSSR count). The van der Waals surface area contributed by atoms with Crippen molar-refractivity contribution in [2.45, 2.75) is 38.5 Å². The van der Waals surface area contributed by atoms with Crippen LogP contribution in [0.1, 0.15) is 25.8 Å². The van der Waals surface area contributed by atoms with E-state index in [-0.39, 0.29) is 12.0 Å². The van der Waals surface area contributed by atoms with Gasteiger partial charge in [-0.2, -0.15) is 0 Å². The minimum absolute atomic E-state index is 0.0600. The lowest BCUT2D eigenvalue weighted by molar-refractivity contribution is -0.192. The first-order valence-corrected chi connectivity index (χ1v) is 6.09. The van der Waals surface area contributed by atoms with Crippen molar-refractivity contribution in [1.29, 1.82) is 0 Å². The zero-order valence-electron chi connectivity index (χ0n) is 11.1. The first-order valence-electron chi connectivity index (χ1n) is 6.09. The van der Waals surface area contributed by atoms with Crippen LogP contribution in [-0.4, -0.2) is 29.8 Å². The van der Waals surface area contributed by atoms with Crippen LogP contribution < -0.4 is 0 Å². The number of rotatable bonds is 4. The normalized spacial score (nSPS) is 21.1. The van der Waals surface area contributed by atoms with Crippen molar-refractivity contribution in [2.24, 2.45) is 0 Å². The molecule has 0 radical (unpaired) electrons. The molecule has 1 fully saturated rings. The average Bonchev–Trinajstić information content (AvgIpc) is 2.72. The van der Waals surface area contributed by atoms with Gasteiger partial charge in [-0.15, -0.1) is 5.06 Å². The topological polar surface area (TPSA) is 38.8 Å². The lowest BCUT2D eigenvalue weighted by Crippen LogP contribution is -2.46. The van der Waals surface area contributed by atoms with Crippen molar-refractivity contribution < 1.29 is 14.4 Å². The molecule has 4 heteroatoms. The third-order valence-corrected chi connectivity index (χ3v) is 3.44. The third-order valence-electron chi connectivity index (χ3n) is 3.44. The van der Waals surface area contributed by atoms with Crippen LogP contribution in [0.3, 0.4) is 0 Å². The van der Waals surface area contributed by atoms with Gasteiger partial charge in [0.05, 0.1) is 24.6 Å². The maximum atomic E-state index is 11.5. The number of carbonyl (C=O) groups is 1. The summed E-state index contributed by atoms with van der Waals surface area (Å²) in [7, 11) is 1.66. The van der Waals surface area contributed by atoms with Crippen molar-refractivity contribution in [3.63, 3.8) is 0 Å². The second kappa shape index (κ2) is 5.08. The summed E-state index contributed by atoms with van der Waals surface area (Å²) in [5.41, 5.74) is 0.699. The monoisotopic (exact) mass is 249 g/mol. The molecule has 0 aromatic heterocycles. The van der Waals surface area contributed by atoms with Crippen LogP contribution in [0.15, 0.2) is 30.3 Å². The molecular formula is C14H19NO3. The van der Waals surface area contributed by atoms with Gasteiger partial charge in [0.1, 0.15) is 0 Å². The molecule has 18 heavy (non-hydrogen) atoms. The second-order valence-electron chi connectivity index (χ2n) is 5.05. The molecule has 0 bridgehead atoms. The summed E-state index contributed by atoms with van der Waals surface area (Å²) in [6.45, 7) is 4.53. The zero-order chi connectivity index (χ0) is 13.2. The largest absolute Gasteiger partial charge is 0.377 e. The van der Waals surface area contributed by atoms with Crippen LogP contribution in [0, 0.1) is 0 Å². The predicted octanol–water partition coefficient (Wildman–Crippen LogP) is 2.14. The quantitative estimate of drug-likeness (QED) is 0.819. The summed E-state index contributed by atoms with van der Waals surface area (Å²) in [6.07, 6.45) is 0.369. The number of carbonyl (C=O) groups excluding carboxylic acids is 1. The molecule has 1 saturated heterocycles. The molecule has 1 aromatic carbocycles. The number of hydroxylamine groups is 2. The molecule has 1 heterocycles. The standard InChI is InChI=1S/C14H19NO3/c1-14(2,17-3)12-9-13(16)18-15(12)10-11-7-5-4-6-8-11/h4-8,12H,9-10H2,1-3H3. The Balaban J connectivity index is 2.13. The fourth-order valence-corrected chi connectivity index (χ4v) is 2.13. The molecule has 0 saturated carbocycles. The van der Waals surface area contributed by atoms with E-state index in [0.717, 1.165) is 5.56 Å². The van der Waals surface area contributed by atoms with Gasteiger partial charge in [-0.05, 0) is 19.4 Å². The summed E-state index contributed by atoms with van der Waals surface area (Å²) >= 11 is 0. The number of benzene rings is 1. The van der Waals surface area contributed by atoms with Gasteiger partial charge >= 0.3 is 5.97 Å².